The van der Waals surface area contributed by atoms with Crippen molar-refractivity contribution < 1.29 is 9.34 Å². The molecule has 0 radical (unpaired) electrons. The number of nitrogens with one attached hydrogen (secondary N) is 2. The van der Waals surface area contributed by atoms with Crippen LogP contribution in [-0.2, 0) is 19.6 Å². The second-order valence-electron chi connectivity index (χ2n) is 5.86. The highest BCUT2D eigenvalue weighted by Gasteiger charge is 2.05. The fourth-order valence-corrected chi connectivity index (χ4v) is 2.43. The summed E-state index contributed by atoms with van der Waals surface area (Å²) < 4.78 is 5.34. The smallest absolute Gasteiger partial charge is 0.269 e. The Morgan fingerprint density at radius 3 is 2.33 bits per heavy atom. The molecule has 0 atom stereocenters. The lowest BCUT2D eigenvalue weighted by Crippen LogP contribution is -2.36. The first-order valence-corrected chi connectivity index (χ1v) is 8.52. The SMILES string of the molecule is O=[N+]([O-])c1ccc(CNC(=NCc2ccccc2)NCc2ccco2)cc1. The summed E-state index contributed by atoms with van der Waals surface area (Å²) in [5, 5.41) is 17.2. The van der Waals surface area contributed by atoms with Gasteiger partial charge in [-0.15, -0.1) is 0 Å². The highest BCUT2D eigenvalue weighted by molar-refractivity contribution is 5.79. The van der Waals surface area contributed by atoms with Crippen molar-refractivity contribution in [3.8, 4) is 0 Å². The van der Waals surface area contributed by atoms with Crippen LogP contribution in [0.15, 0.2) is 82.4 Å². The van der Waals surface area contributed by atoms with E-state index in [9.17, 15) is 10.1 Å². The molecule has 0 aliphatic carbocycles. The lowest BCUT2D eigenvalue weighted by molar-refractivity contribution is -0.384. The summed E-state index contributed by atoms with van der Waals surface area (Å²) in [5.74, 6) is 1.44. The number of nitrogens with zero attached hydrogens (tertiary/aromatic N) is 2. The van der Waals surface area contributed by atoms with Crippen LogP contribution in [0.4, 0.5) is 5.69 Å². The molecule has 0 fully saturated rings. The molecule has 0 bridgehead atoms. The molecule has 2 aromatic carbocycles. The topological polar surface area (TPSA) is 92.7 Å². The van der Waals surface area contributed by atoms with Crippen LogP contribution in [-0.4, -0.2) is 10.9 Å². The fourth-order valence-electron chi connectivity index (χ4n) is 2.43. The summed E-state index contributed by atoms with van der Waals surface area (Å²) in [6.45, 7) is 1.54. The average Bonchev–Trinajstić information content (AvgIpc) is 3.22. The standard InChI is InChI=1S/C20H20N4O3/c25-24(26)18-10-8-17(9-11-18)14-22-20(23-15-19-7-4-12-27-19)21-13-16-5-2-1-3-6-16/h1-12H,13-15H2,(H2,21,22,23). The van der Waals surface area contributed by atoms with Gasteiger partial charge < -0.3 is 15.1 Å². The first-order chi connectivity index (χ1) is 13.2. The van der Waals surface area contributed by atoms with E-state index in [4.69, 9.17) is 4.42 Å². The Kier molecular flexibility index (Phi) is 6.19. The van der Waals surface area contributed by atoms with Crippen LogP contribution in [0.25, 0.3) is 0 Å². The van der Waals surface area contributed by atoms with Gasteiger partial charge in [0.2, 0.25) is 0 Å². The summed E-state index contributed by atoms with van der Waals surface area (Å²) in [7, 11) is 0. The van der Waals surface area contributed by atoms with E-state index < -0.39 is 4.92 Å². The van der Waals surface area contributed by atoms with E-state index >= 15 is 0 Å². The zero-order valence-corrected chi connectivity index (χ0v) is 14.7. The van der Waals surface area contributed by atoms with Gasteiger partial charge in [0.15, 0.2) is 5.96 Å². The van der Waals surface area contributed by atoms with Crippen molar-refractivity contribution >= 4 is 11.6 Å². The number of aliphatic imine (C=N–C) groups is 1. The monoisotopic (exact) mass is 364 g/mol. The average molecular weight is 364 g/mol. The number of rotatable bonds is 7. The molecule has 0 aliphatic rings. The number of nitro groups is 1. The predicted octanol–water partition coefficient (Wildman–Crippen LogP) is 3.62. The van der Waals surface area contributed by atoms with E-state index in [0.717, 1.165) is 16.9 Å². The predicted molar refractivity (Wildman–Crippen MR) is 103 cm³/mol. The normalized spacial score (nSPS) is 11.2. The minimum absolute atomic E-state index is 0.0765. The molecule has 0 amide bonds. The number of furan rings is 1. The van der Waals surface area contributed by atoms with Crippen molar-refractivity contribution in [3.05, 3.63) is 100.0 Å². The van der Waals surface area contributed by atoms with Gasteiger partial charge in [0.1, 0.15) is 5.76 Å². The van der Waals surface area contributed by atoms with Crippen molar-refractivity contribution in [3.63, 3.8) is 0 Å². The molecule has 27 heavy (non-hydrogen) atoms. The Balaban J connectivity index is 1.63. The molecule has 0 aliphatic heterocycles. The number of non-ortho nitro benzene ring substituents is 1. The molecule has 0 spiro atoms. The highest BCUT2D eigenvalue weighted by atomic mass is 16.6. The minimum atomic E-state index is -0.408. The zero-order chi connectivity index (χ0) is 18.9. The van der Waals surface area contributed by atoms with E-state index in [1.54, 1.807) is 18.4 Å². The van der Waals surface area contributed by atoms with E-state index in [-0.39, 0.29) is 5.69 Å². The zero-order valence-electron chi connectivity index (χ0n) is 14.7. The van der Waals surface area contributed by atoms with Crippen LogP contribution in [0.3, 0.4) is 0 Å². The molecule has 3 rings (SSSR count). The first kappa shape index (κ1) is 18.2. The fraction of sp³-hybridized carbons (Fsp3) is 0.150. The van der Waals surface area contributed by atoms with E-state index in [1.807, 2.05) is 42.5 Å². The number of guanidine groups is 1. The number of benzene rings is 2. The maximum absolute atomic E-state index is 10.7. The Hall–Kier alpha value is -3.61. The molecule has 3 aromatic rings. The molecule has 138 valence electrons. The molecule has 0 unspecified atom stereocenters. The van der Waals surface area contributed by atoms with Crippen molar-refractivity contribution in [2.75, 3.05) is 0 Å². The Morgan fingerprint density at radius 1 is 0.926 bits per heavy atom. The quantitative estimate of drug-likeness (QED) is 0.289. The van der Waals surface area contributed by atoms with Gasteiger partial charge >= 0.3 is 0 Å². The third-order valence-electron chi connectivity index (χ3n) is 3.88. The van der Waals surface area contributed by atoms with Crippen LogP contribution in [0, 0.1) is 10.1 Å². The molecule has 7 heteroatoms. The Bertz CT molecular complexity index is 875. The number of hydrogen-bond acceptors (Lipinski definition) is 4. The number of nitro benzene ring substituents is 1. The second-order valence-corrected chi connectivity index (χ2v) is 5.86. The maximum Gasteiger partial charge on any atom is 0.269 e. The van der Waals surface area contributed by atoms with Gasteiger partial charge in [-0.05, 0) is 23.3 Å². The van der Waals surface area contributed by atoms with E-state index in [0.29, 0.717) is 25.6 Å². The molecular weight excluding hydrogens is 344 g/mol. The Labute approximate surface area is 156 Å². The summed E-state index contributed by atoms with van der Waals surface area (Å²) in [6.07, 6.45) is 1.63. The summed E-state index contributed by atoms with van der Waals surface area (Å²) in [5.41, 5.74) is 2.10. The summed E-state index contributed by atoms with van der Waals surface area (Å²) in [4.78, 5) is 14.9. The van der Waals surface area contributed by atoms with Gasteiger partial charge in [-0.3, -0.25) is 10.1 Å². The third kappa shape index (κ3) is 5.71. The lowest BCUT2D eigenvalue weighted by atomic mass is 10.2. The molecular formula is C20H20N4O3. The highest BCUT2D eigenvalue weighted by Crippen LogP contribution is 2.11. The van der Waals surface area contributed by atoms with Crippen LogP contribution in [0.1, 0.15) is 16.9 Å². The van der Waals surface area contributed by atoms with Crippen molar-refractivity contribution in [2.45, 2.75) is 19.6 Å². The Morgan fingerprint density at radius 2 is 1.67 bits per heavy atom. The second kappa shape index (κ2) is 9.19. The molecule has 1 heterocycles. The van der Waals surface area contributed by atoms with Gasteiger partial charge in [-0.1, -0.05) is 42.5 Å². The van der Waals surface area contributed by atoms with Crippen molar-refractivity contribution in [1.29, 1.82) is 0 Å². The van der Waals surface area contributed by atoms with E-state index in [1.165, 1.54) is 12.1 Å². The van der Waals surface area contributed by atoms with Gasteiger partial charge in [0, 0.05) is 18.7 Å². The van der Waals surface area contributed by atoms with Crippen LogP contribution in [0.2, 0.25) is 0 Å². The summed E-state index contributed by atoms with van der Waals surface area (Å²) in [6, 6.07) is 20.1. The molecule has 2 N–H and O–H groups in total. The van der Waals surface area contributed by atoms with Crippen molar-refractivity contribution in [1.82, 2.24) is 10.6 Å². The third-order valence-corrected chi connectivity index (χ3v) is 3.88. The van der Waals surface area contributed by atoms with Crippen LogP contribution in [0.5, 0.6) is 0 Å². The van der Waals surface area contributed by atoms with Crippen LogP contribution < -0.4 is 10.6 Å². The first-order valence-electron chi connectivity index (χ1n) is 8.52. The largest absolute Gasteiger partial charge is 0.467 e. The lowest BCUT2D eigenvalue weighted by Gasteiger charge is -2.12. The molecule has 0 saturated heterocycles. The molecule has 1 aromatic heterocycles. The van der Waals surface area contributed by atoms with Gasteiger partial charge in [0.05, 0.1) is 24.3 Å². The van der Waals surface area contributed by atoms with E-state index in [2.05, 4.69) is 15.6 Å². The van der Waals surface area contributed by atoms with Crippen LogP contribution >= 0.6 is 0 Å². The van der Waals surface area contributed by atoms with Gasteiger partial charge in [-0.25, -0.2) is 4.99 Å². The van der Waals surface area contributed by atoms with Crippen molar-refractivity contribution in [2.24, 2.45) is 4.99 Å². The van der Waals surface area contributed by atoms with Gasteiger partial charge in [0.25, 0.3) is 5.69 Å². The summed E-state index contributed by atoms with van der Waals surface area (Å²) >= 11 is 0. The minimum Gasteiger partial charge on any atom is -0.467 e. The number of hydrogen-bond donors (Lipinski definition) is 2. The van der Waals surface area contributed by atoms with Gasteiger partial charge in [-0.2, -0.15) is 0 Å². The molecule has 7 nitrogen and oxygen atoms in total. The maximum atomic E-state index is 10.7. The molecule has 0 saturated carbocycles.